The Labute approximate surface area is 146 Å². The minimum absolute atomic E-state index is 0.654. The predicted octanol–water partition coefficient (Wildman–Crippen LogP) is 3.04. The van der Waals surface area contributed by atoms with Gasteiger partial charge in [0.15, 0.2) is 0 Å². The van der Waals surface area contributed by atoms with Crippen LogP contribution in [-0.2, 0) is 0 Å². The third-order valence-electron chi connectivity index (χ3n) is 3.48. The van der Waals surface area contributed by atoms with Crippen LogP contribution in [0, 0.1) is 34.9 Å². The number of benzene rings is 3. The van der Waals surface area contributed by atoms with Gasteiger partial charge in [0.1, 0.15) is 0 Å². The van der Waals surface area contributed by atoms with Crippen LogP contribution < -0.4 is 10.5 Å². The molecule has 25 heavy (non-hydrogen) atoms. The Morgan fingerprint density at radius 1 is 0.400 bits per heavy atom. The molecule has 0 aliphatic carbocycles. The molecule has 0 aromatic heterocycles. The van der Waals surface area contributed by atoms with Gasteiger partial charge in [-0.15, -0.1) is 0 Å². The summed E-state index contributed by atoms with van der Waals surface area (Å²) in [7, 11) is 0. The first-order chi connectivity index (χ1) is 11.9. The van der Waals surface area contributed by atoms with E-state index in [2.05, 4.69) is 0 Å². The molecule has 0 aliphatic rings. The molecule has 0 saturated heterocycles. The number of halogens is 6. The Balaban J connectivity index is 2.42. The van der Waals surface area contributed by atoms with E-state index in [4.69, 9.17) is 0 Å². The van der Waals surface area contributed by atoms with E-state index in [1.807, 2.05) is 0 Å². The molecule has 0 N–H and O–H groups in total. The molecule has 0 spiro atoms. The van der Waals surface area contributed by atoms with E-state index in [-0.39, 0.29) is 0 Å². The van der Waals surface area contributed by atoms with Gasteiger partial charge < -0.3 is 0 Å². The van der Waals surface area contributed by atoms with Crippen molar-refractivity contribution in [1.82, 2.24) is 0 Å². The molecule has 0 nitrogen and oxygen atoms in total. The fourth-order valence-corrected chi connectivity index (χ4v) is 9.29. The van der Waals surface area contributed by atoms with Gasteiger partial charge in [-0.1, -0.05) is 0 Å². The molecule has 0 atom stereocenters. The van der Waals surface area contributed by atoms with Crippen LogP contribution in [0.25, 0.3) is 0 Å². The van der Waals surface area contributed by atoms with Crippen molar-refractivity contribution in [3.63, 3.8) is 0 Å². The number of hydrogen-bond acceptors (Lipinski definition) is 0. The Hall–Kier alpha value is -1.94. The average Bonchev–Trinajstić information content (AvgIpc) is 2.53. The van der Waals surface area contributed by atoms with Crippen molar-refractivity contribution in [3.8, 4) is 0 Å². The zero-order chi connectivity index (χ0) is 18.1. The fourth-order valence-electron chi connectivity index (χ4n) is 2.44. The average molecular weight is 461 g/mol. The molecule has 0 unspecified atom stereocenters. The molecular formula is C18H9F6Sb. The van der Waals surface area contributed by atoms with Crippen LogP contribution in [0.15, 0.2) is 54.6 Å². The van der Waals surface area contributed by atoms with E-state index in [0.717, 1.165) is 54.6 Å². The molecule has 0 heterocycles. The molecule has 128 valence electrons. The minimum atomic E-state index is -4.38. The predicted molar refractivity (Wildman–Crippen MR) is 83.7 cm³/mol. The van der Waals surface area contributed by atoms with Crippen molar-refractivity contribution >= 4 is 30.7 Å². The van der Waals surface area contributed by atoms with Crippen LogP contribution in [0.5, 0.6) is 0 Å². The Morgan fingerprint density at radius 3 is 0.800 bits per heavy atom. The van der Waals surface area contributed by atoms with Crippen LogP contribution in [-0.4, -0.2) is 20.2 Å². The maximum atomic E-state index is 14.3. The third kappa shape index (κ3) is 3.27. The van der Waals surface area contributed by atoms with Crippen molar-refractivity contribution < 1.29 is 26.3 Å². The fraction of sp³-hybridized carbons (Fsp3) is 0. The monoisotopic (exact) mass is 460 g/mol. The zero-order valence-corrected chi connectivity index (χ0v) is 15.0. The summed E-state index contributed by atoms with van der Waals surface area (Å²) in [6, 6.07) is 8.59. The summed E-state index contributed by atoms with van der Waals surface area (Å²) in [5, 5.41) is 0. The summed E-state index contributed by atoms with van der Waals surface area (Å²) in [4.78, 5) is 0. The van der Waals surface area contributed by atoms with E-state index in [0.29, 0.717) is 0 Å². The standard InChI is InChI=1S/3C6H3F2.Sb/c3*7-5-2-1-3-6(8)4-5;/h3*1-3H;. The van der Waals surface area contributed by atoms with Gasteiger partial charge in [-0.2, -0.15) is 0 Å². The Bertz CT molecular complexity index is 758. The van der Waals surface area contributed by atoms with E-state index in [1.54, 1.807) is 0 Å². The van der Waals surface area contributed by atoms with E-state index >= 15 is 0 Å². The van der Waals surface area contributed by atoms with Crippen molar-refractivity contribution in [2.24, 2.45) is 0 Å². The molecule has 3 rings (SSSR count). The van der Waals surface area contributed by atoms with Crippen molar-refractivity contribution in [1.29, 1.82) is 0 Å². The second kappa shape index (κ2) is 7.12. The molecule has 3 aromatic carbocycles. The molecule has 0 radical (unpaired) electrons. The maximum absolute atomic E-state index is 14.3. The van der Waals surface area contributed by atoms with Crippen LogP contribution in [0.1, 0.15) is 0 Å². The van der Waals surface area contributed by atoms with Crippen molar-refractivity contribution in [2.45, 2.75) is 0 Å². The second-order valence-electron chi connectivity index (χ2n) is 5.05. The van der Waals surface area contributed by atoms with Gasteiger partial charge in [0.05, 0.1) is 0 Å². The van der Waals surface area contributed by atoms with Gasteiger partial charge >= 0.3 is 147 Å². The SMILES string of the molecule is Fc1cccc(F)[c]1[Sb]([c]1c(F)cccc1F)[c]1c(F)cccc1F. The molecule has 0 saturated carbocycles. The van der Waals surface area contributed by atoms with Gasteiger partial charge in [0, 0.05) is 0 Å². The molecule has 0 fully saturated rings. The van der Waals surface area contributed by atoms with E-state index in [1.165, 1.54) is 0 Å². The quantitative estimate of drug-likeness (QED) is 0.416. The van der Waals surface area contributed by atoms with Crippen LogP contribution in [0.3, 0.4) is 0 Å². The van der Waals surface area contributed by atoms with Crippen LogP contribution in [0.4, 0.5) is 26.3 Å². The summed E-state index contributed by atoms with van der Waals surface area (Å²) in [6.07, 6.45) is 0. The number of hydrogen-bond donors (Lipinski definition) is 0. The molecule has 7 heteroatoms. The van der Waals surface area contributed by atoms with Crippen molar-refractivity contribution in [2.75, 3.05) is 0 Å². The first kappa shape index (κ1) is 17.9. The Kier molecular flexibility index (Phi) is 5.09. The zero-order valence-electron chi connectivity index (χ0n) is 12.4. The van der Waals surface area contributed by atoms with Crippen LogP contribution in [0.2, 0.25) is 0 Å². The van der Waals surface area contributed by atoms with Gasteiger partial charge in [0.2, 0.25) is 0 Å². The van der Waals surface area contributed by atoms with Gasteiger partial charge in [0.25, 0.3) is 0 Å². The Morgan fingerprint density at radius 2 is 0.600 bits per heavy atom. The second-order valence-corrected chi connectivity index (χ2v) is 10.8. The summed E-state index contributed by atoms with van der Waals surface area (Å²) in [5.74, 6) is -6.54. The summed E-state index contributed by atoms with van der Waals surface area (Å²) in [6.45, 7) is 0. The number of rotatable bonds is 3. The van der Waals surface area contributed by atoms with Gasteiger partial charge in [-0.05, 0) is 0 Å². The normalized spacial score (nSPS) is 11.2. The van der Waals surface area contributed by atoms with E-state index < -0.39 is 65.6 Å². The summed E-state index contributed by atoms with van der Waals surface area (Å²) < 4.78 is 83.9. The van der Waals surface area contributed by atoms with Gasteiger partial charge in [-0.25, -0.2) is 0 Å². The molecular weight excluding hydrogens is 452 g/mol. The molecule has 0 bridgehead atoms. The summed E-state index contributed by atoms with van der Waals surface area (Å²) in [5.41, 5.74) is 0. The van der Waals surface area contributed by atoms with Crippen molar-refractivity contribution in [3.05, 3.63) is 89.5 Å². The molecule has 3 aromatic rings. The topological polar surface area (TPSA) is 0 Å². The van der Waals surface area contributed by atoms with Gasteiger partial charge in [-0.3, -0.25) is 0 Å². The van der Waals surface area contributed by atoms with E-state index in [9.17, 15) is 26.3 Å². The molecule has 0 aliphatic heterocycles. The summed E-state index contributed by atoms with van der Waals surface area (Å²) >= 11 is -4.38. The first-order valence-corrected chi connectivity index (χ1v) is 10.9. The third-order valence-corrected chi connectivity index (χ3v) is 11.0. The molecule has 0 amide bonds. The van der Waals surface area contributed by atoms with Crippen LogP contribution >= 0.6 is 0 Å². The first-order valence-electron chi connectivity index (χ1n) is 7.04.